The summed E-state index contributed by atoms with van der Waals surface area (Å²) in [5.74, 6) is 0.822. The number of anilines is 2. The van der Waals surface area contributed by atoms with E-state index in [4.69, 9.17) is 10.5 Å². The Labute approximate surface area is 89.8 Å². The summed E-state index contributed by atoms with van der Waals surface area (Å²) >= 11 is 0. The molecule has 1 aliphatic rings. The van der Waals surface area contributed by atoms with Gasteiger partial charge in [-0.2, -0.15) is 0 Å². The fraction of sp³-hybridized carbons (Fsp3) is 0.545. The SMILES string of the molecule is CC1(Nc2cc(N)ccn2)CCCOC1. The van der Waals surface area contributed by atoms with E-state index in [0.29, 0.717) is 0 Å². The molecule has 0 amide bonds. The van der Waals surface area contributed by atoms with Gasteiger partial charge in [-0.25, -0.2) is 4.98 Å². The summed E-state index contributed by atoms with van der Waals surface area (Å²) in [7, 11) is 0. The molecule has 4 nitrogen and oxygen atoms in total. The van der Waals surface area contributed by atoms with Crippen molar-refractivity contribution in [3.63, 3.8) is 0 Å². The molecule has 82 valence electrons. The van der Waals surface area contributed by atoms with E-state index in [2.05, 4.69) is 17.2 Å². The van der Waals surface area contributed by atoms with Crippen LogP contribution in [0.3, 0.4) is 0 Å². The predicted octanol–water partition coefficient (Wildman–Crippen LogP) is 1.64. The third-order valence-electron chi connectivity index (χ3n) is 2.65. The minimum absolute atomic E-state index is 0.0148. The predicted molar refractivity (Wildman–Crippen MR) is 60.7 cm³/mol. The second-order valence-electron chi connectivity index (χ2n) is 4.32. The number of hydrogen-bond acceptors (Lipinski definition) is 4. The number of nitrogen functional groups attached to an aromatic ring is 1. The van der Waals surface area contributed by atoms with Crippen LogP contribution in [0.25, 0.3) is 0 Å². The number of aromatic nitrogens is 1. The van der Waals surface area contributed by atoms with E-state index in [1.807, 2.05) is 6.07 Å². The number of nitrogens with one attached hydrogen (secondary N) is 1. The number of ether oxygens (including phenoxy) is 1. The highest BCUT2D eigenvalue weighted by Gasteiger charge is 2.27. The molecule has 1 fully saturated rings. The molecule has 0 aliphatic carbocycles. The highest BCUT2D eigenvalue weighted by molar-refractivity contribution is 5.49. The van der Waals surface area contributed by atoms with Crippen LogP contribution in [0.5, 0.6) is 0 Å². The number of nitrogens with zero attached hydrogens (tertiary/aromatic N) is 1. The molecule has 2 rings (SSSR count). The van der Waals surface area contributed by atoms with Crippen LogP contribution >= 0.6 is 0 Å². The molecule has 3 N–H and O–H groups in total. The quantitative estimate of drug-likeness (QED) is 0.774. The summed E-state index contributed by atoms with van der Waals surface area (Å²) in [5, 5.41) is 3.38. The van der Waals surface area contributed by atoms with Crippen LogP contribution in [-0.4, -0.2) is 23.7 Å². The fourth-order valence-corrected chi connectivity index (χ4v) is 1.86. The first-order valence-corrected chi connectivity index (χ1v) is 5.25. The van der Waals surface area contributed by atoms with Crippen molar-refractivity contribution >= 4 is 11.5 Å². The van der Waals surface area contributed by atoms with Gasteiger partial charge in [0.25, 0.3) is 0 Å². The Bertz CT molecular complexity index is 334. The zero-order valence-corrected chi connectivity index (χ0v) is 8.99. The lowest BCUT2D eigenvalue weighted by molar-refractivity contribution is 0.0539. The maximum absolute atomic E-state index is 5.70. The second kappa shape index (κ2) is 4.06. The molecule has 0 aromatic carbocycles. The van der Waals surface area contributed by atoms with Crippen molar-refractivity contribution in [1.82, 2.24) is 4.98 Å². The van der Waals surface area contributed by atoms with Gasteiger partial charge in [0.2, 0.25) is 0 Å². The molecule has 2 heterocycles. The third kappa shape index (κ3) is 2.59. The molecule has 0 saturated carbocycles. The molecule has 1 unspecified atom stereocenters. The monoisotopic (exact) mass is 207 g/mol. The summed E-state index contributed by atoms with van der Waals surface area (Å²) in [6, 6.07) is 3.63. The van der Waals surface area contributed by atoms with Crippen LogP contribution in [0, 0.1) is 0 Å². The molecule has 0 radical (unpaired) electrons. The number of rotatable bonds is 2. The highest BCUT2D eigenvalue weighted by atomic mass is 16.5. The molecule has 1 aromatic heterocycles. The molecule has 1 atom stereocenters. The van der Waals surface area contributed by atoms with E-state index in [-0.39, 0.29) is 5.54 Å². The van der Waals surface area contributed by atoms with Gasteiger partial charge in [-0.1, -0.05) is 0 Å². The Morgan fingerprint density at radius 3 is 3.13 bits per heavy atom. The Morgan fingerprint density at radius 1 is 1.60 bits per heavy atom. The van der Waals surface area contributed by atoms with Gasteiger partial charge in [0.05, 0.1) is 12.1 Å². The van der Waals surface area contributed by atoms with Crippen LogP contribution < -0.4 is 11.1 Å². The van der Waals surface area contributed by atoms with Crippen molar-refractivity contribution in [2.24, 2.45) is 0 Å². The van der Waals surface area contributed by atoms with Crippen molar-refractivity contribution in [2.75, 3.05) is 24.3 Å². The van der Waals surface area contributed by atoms with E-state index < -0.39 is 0 Å². The van der Waals surface area contributed by atoms with E-state index >= 15 is 0 Å². The Morgan fingerprint density at radius 2 is 2.47 bits per heavy atom. The highest BCUT2D eigenvalue weighted by Crippen LogP contribution is 2.23. The molecule has 1 aromatic rings. The first kappa shape index (κ1) is 10.2. The molecule has 15 heavy (non-hydrogen) atoms. The minimum Gasteiger partial charge on any atom is -0.399 e. The van der Waals surface area contributed by atoms with E-state index in [1.54, 1.807) is 12.3 Å². The maximum Gasteiger partial charge on any atom is 0.128 e. The van der Waals surface area contributed by atoms with Gasteiger partial charge < -0.3 is 15.8 Å². The van der Waals surface area contributed by atoms with E-state index in [9.17, 15) is 0 Å². The van der Waals surface area contributed by atoms with Crippen molar-refractivity contribution in [3.05, 3.63) is 18.3 Å². The fourth-order valence-electron chi connectivity index (χ4n) is 1.86. The van der Waals surface area contributed by atoms with Gasteiger partial charge in [0, 0.05) is 24.6 Å². The summed E-state index contributed by atoms with van der Waals surface area (Å²) in [6.07, 6.45) is 3.90. The van der Waals surface area contributed by atoms with E-state index in [0.717, 1.165) is 37.6 Å². The molecule has 0 spiro atoms. The Balaban J connectivity index is 2.06. The van der Waals surface area contributed by atoms with Gasteiger partial charge in [-0.3, -0.25) is 0 Å². The first-order chi connectivity index (χ1) is 7.18. The number of nitrogens with two attached hydrogens (primary N) is 1. The van der Waals surface area contributed by atoms with Crippen molar-refractivity contribution in [3.8, 4) is 0 Å². The van der Waals surface area contributed by atoms with Crippen LogP contribution in [0.1, 0.15) is 19.8 Å². The summed E-state index contributed by atoms with van der Waals surface area (Å²) in [6.45, 7) is 3.74. The Hall–Kier alpha value is -1.29. The van der Waals surface area contributed by atoms with Crippen LogP contribution in [-0.2, 0) is 4.74 Å². The molecule has 4 heteroatoms. The molecule has 1 aliphatic heterocycles. The van der Waals surface area contributed by atoms with Gasteiger partial charge in [-0.15, -0.1) is 0 Å². The van der Waals surface area contributed by atoms with Crippen molar-refractivity contribution in [1.29, 1.82) is 0 Å². The lowest BCUT2D eigenvalue weighted by atomic mass is 9.95. The average Bonchev–Trinajstić information content (AvgIpc) is 2.18. The lowest BCUT2D eigenvalue weighted by Crippen LogP contribution is -2.43. The summed E-state index contributed by atoms with van der Waals surface area (Å²) < 4.78 is 5.47. The topological polar surface area (TPSA) is 60.2 Å². The zero-order valence-electron chi connectivity index (χ0n) is 8.99. The van der Waals surface area contributed by atoms with Crippen LogP contribution in [0.4, 0.5) is 11.5 Å². The van der Waals surface area contributed by atoms with Crippen LogP contribution in [0.15, 0.2) is 18.3 Å². The van der Waals surface area contributed by atoms with Gasteiger partial charge in [-0.05, 0) is 25.8 Å². The van der Waals surface area contributed by atoms with Gasteiger partial charge in [0.15, 0.2) is 0 Å². The zero-order chi connectivity index (χ0) is 10.7. The van der Waals surface area contributed by atoms with Crippen molar-refractivity contribution < 1.29 is 4.74 Å². The minimum atomic E-state index is -0.0148. The molecular formula is C11H17N3O. The molecular weight excluding hydrogens is 190 g/mol. The van der Waals surface area contributed by atoms with Gasteiger partial charge >= 0.3 is 0 Å². The second-order valence-corrected chi connectivity index (χ2v) is 4.32. The standard InChI is InChI=1S/C11H17N3O/c1-11(4-2-6-15-8-11)14-10-7-9(12)3-5-13-10/h3,5,7H,2,4,6,8H2,1H3,(H3,12,13,14). The first-order valence-electron chi connectivity index (χ1n) is 5.25. The van der Waals surface area contributed by atoms with Crippen LogP contribution in [0.2, 0.25) is 0 Å². The van der Waals surface area contributed by atoms with Crippen molar-refractivity contribution in [2.45, 2.75) is 25.3 Å². The average molecular weight is 207 g/mol. The Kier molecular flexibility index (Phi) is 2.77. The lowest BCUT2D eigenvalue weighted by Gasteiger charge is -2.34. The number of pyridine rings is 1. The summed E-state index contributed by atoms with van der Waals surface area (Å²) in [4.78, 5) is 4.23. The normalized spacial score (nSPS) is 26.2. The molecule has 0 bridgehead atoms. The van der Waals surface area contributed by atoms with Gasteiger partial charge in [0.1, 0.15) is 5.82 Å². The van der Waals surface area contributed by atoms with E-state index in [1.165, 1.54) is 0 Å². The smallest absolute Gasteiger partial charge is 0.128 e. The largest absolute Gasteiger partial charge is 0.399 e. The molecule has 1 saturated heterocycles. The number of hydrogen-bond donors (Lipinski definition) is 2. The maximum atomic E-state index is 5.70. The summed E-state index contributed by atoms with van der Waals surface area (Å²) in [5.41, 5.74) is 6.41. The third-order valence-corrected chi connectivity index (χ3v) is 2.65.